The van der Waals surface area contributed by atoms with E-state index >= 15 is 0 Å². The van der Waals surface area contributed by atoms with E-state index < -0.39 is 23.9 Å². The van der Waals surface area contributed by atoms with Crippen LogP contribution >= 0.6 is 0 Å². The van der Waals surface area contributed by atoms with E-state index in [1.54, 1.807) is 12.1 Å². The number of fused-ring (bicyclic) bond motifs is 1. The minimum Gasteiger partial charge on any atom is -0.492 e. The number of carboxylic acid groups (broad SMARTS) is 1. The Morgan fingerprint density at radius 1 is 1.15 bits per heavy atom. The van der Waals surface area contributed by atoms with Crippen molar-refractivity contribution in [2.75, 3.05) is 18.2 Å². The predicted octanol–water partition coefficient (Wildman–Crippen LogP) is 0.456. The Kier molecular flexibility index (Phi) is 7.13. The number of amides is 1. The summed E-state index contributed by atoms with van der Waals surface area (Å²) < 4.78 is 4.62. The van der Waals surface area contributed by atoms with E-state index in [4.69, 9.17) is 10.8 Å². The van der Waals surface area contributed by atoms with Crippen LogP contribution in [0.2, 0.25) is 0 Å². The molecule has 172 valence electrons. The van der Waals surface area contributed by atoms with Crippen molar-refractivity contribution in [3.63, 3.8) is 0 Å². The van der Waals surface area contributed by atoms with E-state index in [0.717, 1.165) is 7.11 Å². The number of esters is 1. The van der Waals surface area contributed by atoms with Gasteiger partial charge in [-0.1, -0.05) is 0 Å². The van der Waals surface area contributed by atoms with Gasteiger partial charge in [0, 0.05) is 17.7 Å². The fourth-order valence-electron chi connectivity index (χ4n) is 2.86. The summed E-state index contributed by atoms with van der Waals surface area (Å²) in [5.74, 6) is -2.83. The summed E-state index contributed by atoms with van der Waals surface area (Å²) >= 11 is 0. The van der Waals surface area contributed by atoms with Crippen molar-refractivity contribution in [3.05, 3.63) is 41.7 Å². The van der Waals surface area contributed by atoms with Crippen LogP contribution < -0.4 is 16.4 Å². The Morgan fingerprint density at radius 2 is 1.88 bits per heavy atom. The zero-order chi connectivity index (χ0) is 24.0. The smallest absolute Gasteiger partial charge is 0.328 e. The number of hydrogen-bond donors (Lipinski definition) is 5. The molecule has 13 nitrogen and oxygen atoms in total. The van der Waals surface area contributed by atoms with Crippen LogP contribution in [0.5, 0.6) is 5.88 Å². The number of benzene rings is 1. The monoisotopic (exact) mass is 455 g/mol. The van der Waals surface area contributed by atoms with Gasteiger partial charge in [0.05, 0.1) is 25.5 Å². The first-order valence-electron chi connectivity index (χ1n) is 9.69. The Labute approximate surface area is 187 Å². The Bertz CT molecular complexity index is 1190. The van der Waals surface area contributed by atoms with Gasteiger partial charge in [0.25, 0.3) is 5.91 Å². The number of nitrogen functional groups attached to an aromatic ring is 1. The van der Waals surface area contributed by atoms with Crippen LogP contribution in [0.15, 0.2) is 30.5 Å². The normalized spacial score (nSPS) is 11.5. The van der Waals surface area contributed by atoms with E-state index in [1.807, 2.05) is 0 Å². The number of carboxylic acids is 1. The summed E-state index contributed by atoms with van der Waals surface area (Å²) in [7, 11) is 1.16. The number of hydrogen-bond acceptors (Lipinski definition) is 11. The molecule has 2 heterocycles. The average Bonchev–Trinajstić information content (AvgIpc) is 2.80. The van der Waals surface area contributed by atoms with Gasteiger partial charge >= 0.3 is 11.9 Å². The van der Waals surface area contributed by atoms with Crippen molar-refractivity contribution < 1.29 is 29.3 Å². The summed E-state index contributed by atoms with van der Waals surface area (Å²) in [5.41, 5.74) is 7.21. The molecule has 3 aromatic rings. The number of aliphatic carboxylic acids is 1. The minimum absolute atomic E-state index is 0.0899. The van der Waals surface area contributed by atoms with E-state index in [9.17, 15) is 19.5 Å². The fourth-order valence-corrected chi connectivity index (χ4v) is 2.86. The number of nitrogens with zero attached hydrogens (tertiary/aromatic N) is 4. The molecule has 1 atom stereocenters. The van der Waals surface area contributed by atoms with Crippen LogP contribution in [-0.4, -0.2) is 61.1 Å². The third-order valence-corrected chi connectivity index (χ3v) is 4.51. The molecule has 0 fully saturated rings. The number of aromatic nitrogens is 4. The van der Waals surface area contributed by atoms with Gasteiger partial charge in [0.15, 0.2) is 11.2 Å². The largest absolute Gasteiger partial charge is 0.492 e. The van der Waals surface area contributed by atoms with E-state index in [1.165, 1.54) is 18.3 Å². The molecule has 3 rings (SSSR count). The highest BCUT2D eigenvalue weighted by Crippen LogP contribution is 2.19. The van der Waals surface area contributed by atoms with Gasteiger partial charge in [0.2, 0.25) is 11.8 Å². The van der Waals surface area contributed by atoms with Crippen LogP contribution in [0.4, 0.5) is 11.6 Å². The summed E-state index contributed by atoms with van der Waals surface area (Å²) in [6, 6.07) is 5.30. The summed E-state index contributed by atoms with van der Waals surface area (Å²) in [4.78, 5) is 50.9. The van der Waals surface area contributed by atoms with Crippen molar-refractivity contribution in [1.82, 2.24) is 25.3 Å². The number of carbonyl (C=O) groups is 3. The van der Waals surface area contributed by atoms with Gasteiger partial charge in [0.1, 0.15) is 6.04 Å². The highest BCUT2D eigenvalue weighted by Gasteiger charge is 2.23. The number of carbonyl (C=O) groups excluding carboxylic acids is 2. The minimum atomic E-state index is -1.09. The topological polar surface area (TPSA) is 203 Å². The highest BCUT2D eigenvalue weighted by molar-refractivity contribution is 5.97. The Hall–Kier alpha value is -4.55. The average molecular weight is 455 g/mol. The van der Waals surface area contributed by atoms with Crippen molar-refractivity contribution in [3.8, 4) is 5.88 Å². The lowest BCUT2D eigenvalue weighted by Gasteiger charge is -2.16. The molecule has 1 aromatic carbocycles. The lowest BCUT2D eigenvalue weighted by Crippen LogP contribution is -2.41. The zero-order valence-electron chi connectivity index (χ0n) is 17.5. The third-order valence-electron chi connectivity index (χ3n) is 4.51. The van der Waals surface area contributed by atoms with Gasteiger partial charge in [-0.25, -0.2) is 14.8 Å². The van der Waals surface area contributed by atoms with Gasteiger partial charge in [-0.2, -0.15) is 9.97 Å². The maximum atomic E-state index is 12.4. The predicted molar refractivity (Wildman–Crippen MR) is 115 cm³/mol. The fraction of sp³-hybridized carbons (Fsp3) is 0.250. The second-order valence-electron chi connectivity index (χ2n) is 6.85. The van der Waals surface area contributed by atoms with E-state index in [0.29, 0.717) is 11.4 Å². The number of aromatic hydroxyl groups is 1. The van der Waals surface area contributed by atoms with Gasteiger partial charge in [-0.3, -0.25) is 9.59 Å². The van der Waals surface area contributed by atoms with Crippen LogP contribution in [0.1, 0.15) is 28.9 Å². The van der Waals surface area contributed by atoms with Crippen LogP contribution in [0.3, 0.4) is 0 Å². The molecule has 1 amide bonds. The number of methoxy groups -OCH3 is 1. The van der Waals surface area contributed by atoms with Crippen LogP contribution in [0, 0.1) is 0 Å². The second-order valence-corrected chi connectivity index (χ2v) is 6.85. The molecule has 0 aliphatic carbocycles. The first kappa shape index (κ1) is 23.1. The molecule has 0 aliphatic rings. The lowest BCUT2D eigenvalue weighted by atomic mass is 10.1. The van der Waals surface area contributed by atoms with Crippen LogP contribution in [-0.2, 0) is 20.9 Å². The molecule has 6 N–H and O–H groups in total. The van der Waals surface area contributed by atoms with Gasteiger partial charge in [-0.05, 0) is 30.7 Å². The molecule has 2 aromatic heterocycles. The number of anilines is 2. The van der Waals surface area contributed by atoms with E-state index in [2.05, 4.69) is 35.3 Å². The number of ether oxygens (including phenoxy) is 1. The number of nitrogens with two attached hydrogens (primary N) is 1. The molecule has 0 radical (unpaired) electrons. The second kappa shape index (κ2) is 10.2. The summed E-state index contributed by atoms with van der Waals surface area (Å²) in [5, 5.41) is 24.3. The third kappa shape index (κ3) is 6.00. The molecule has 0 saturated carbocycles. The summed E-state index contributed by atoms with van der Waals surface area (Å²) in [6.45, 7) is 0.262. The Morgan fingerprint density at radius 3 is 2.55 bits per heavy atom. The van der Waals surface area contributed by atoms with Crippen molar-refractivity contribution >= 4 is 40.6 Å². The molecular formula is C20H21N7O6. The maximum Gasteiger partial charge on any atom is 0.328 e. The molecule has 0 spiro atoms. The molecule has 0 aliphatic heterocycles. The highest BCUT2D eigenvalue weighted by atomic mass is 16.5. The molecule has 0 bridgehead atoms. The maximum absolute atomic E-state index is 12.4. The molecule has 0 saturated heterocycles. The molecular weight excluding hydrogens is 434 g/mol. The lowest BCUT2D eigenvalue weighted by molar-refractivity contribution is -0.143. The molecule has 13 heteroatoms. The quantitative estimate of drug-likeness (QED) is 0.279. The zero-order valence-corrected chi connectivity index (χ0v) is 17.5. The Balaban J connectivity index is 1.62. The summed E-state index contributed by atoms with van der Waals surface area (Å²) in [6.07, 6.45) is 1.10. The molecule has 0 unspecified atom stereocenters. The van der Waals surface area contributed by atoms with E-state index in [-0.39, 0.29) is 47.9 Å². The van der Waals surface area contributed by atoms with Gasteiger partial charge in [-0.15, -0.1) is 0 Å². The van der Waals surface area contributed by atoms with Crippen molar-refractivity contribution in [1.29, 1.82) is 0 Å². The first-order chi connectivity index (χ1) is 15.8. The molecule has 33 heavy (non-hydrogen) atoms. The van der Waals surface area contributed by atoms with Crippen molar-refractivity contribution in [2.24, 2.45) is 0 Å². The number of rotatable bonds is 9. The number of nitrogens with one attached hydrogen (secondary N) is 2. The van der Waals surface area contributed by atoms with Crippen molar-refractivity contribution in [2.45, 2.75) is 25.4 Å². The SMILES string of the molecule is COC(=O)[C@H](CCC(=O)O)NC(=O)c1ccc(NCc2cnc3nc(N)nc(O)c3n2)cc1. The standard InChI is InChI=1S/C20H21N7O6/c1-33-19(32)13(6-7-14(28)29)25-17(30)10-2-4-11(5-3-10)22-8-12-9-23-16-15(24-12)18(31)27-20(21)26-16/h2-5,9,13,22H,6-8H2,1H3,(H,25,30)(H,28,29)(H3,21,23,26,27,31)/t13-/m0/s1. The van der Waals surface area contributed by atoms with Crippen LogP contribution in [0.25, 0.3) is 11.2 Å². The van der Waals surface area contributed by atoms with Gasteiger partial charge < -0.3 is 31.3 Å². The first-order valence-corrected chi connectivity index (χ1v) is 9.69.